The van der Waals surface area contributed by atoms with Crippen molar-refractivity contribution in [1.82, 2.24) is 10.3 Å². The molecular weight excluding hydrogens is 242 g/mol. The zero-order chi connectivity index (χ0) is 13.5. The summed E-state index contributed by atoms with van der Waals surface area (Å²) in [6.07, 6.45) is 3.69. The predicted molar refractivity (Wildman–Crippen MR) is 74.5 cm³/mol. The van der Waals surface area contributed by atoms with Crippen molar-refractivity contribution in [2.45, 2.75) is 19.3 Å². The van der Waals surface area contributed by atoms with Gasteiger partial charge in [-0.3, -0.25) is 4.79 Å². The van der Waals surface area contributed by atoms with E-state index >= 15 is 0 Å². The van der Waals surface area contributed by atoms with Crippen molar-refractivity contribution < 1.29 is 9.53 Å². The molecule has 5 heteroatoms. The number of amides is 1. The summed E-state index contributed by atoms with van der Waals surface area (Å²) in [4.78, 5) is 18.6. The lowest BCUT2D eigenvalue weighted by atomic mass is 10.1. The lowest BCUT2D eigenvalue weighted by Crippen LogP contribution is -2.31. The summed E-state index contributed by atoms with van der Waals surface area (Å²) in [6.45, 7) is 3.08. The average molecular weight is 263 g/mol. The molecule has 5 nitrogen and oxygen atoms in total. The zero-order valence-corrected chi connectivity index (χ0v) is 11.4. The van der Waals surface area contributed by atoms with Gasteiger partial charge in [0.15, 0.2) is 0 Å². The van der Waals surface area contributed by atoms with Crippen LogP contribution < -0.4 is 10.2 Å². The van der Waals surface area contributed by atoms with E-state index in [-0.39, 0.29) is 5.91 Å². The second kappa shape index (κ2) is 7.09. The number of piperidine rings is 1. The van der Waals surface area contributed by atoms with Crippen molar-refractivity contribution >= 4 is 11.7 Å². The molecule has 0 bridgehead atoms. The molecule has 0 atom stereocenters. The normalized spacial score (nSPS) is 15.3. The van der Waals surface area contributed by atoms with Crippen molar-refractivity contribution in [3.8, 4) is 0 Å². The number of hydrogen-bond donors (Lipinski definition) is 1. The number of nitrogens with one attached hydrogen (secondary N) is 1. The van der Waals surface area contributed by atoms with Gasteiger partial charge < -0.3 is 15.0 Å². The van der Waals surface area contributed by atoms with Crippen LogP contribution in [-0.4, -0.2) is 44.2 Å². The fourth-order valence-electron chi connectivity index (χ4n) is 2.21. The van der Waals surface area contributed by atoms with Crippen LogP contribution in [-0.2, 0) is 4.74 Å². The molecule has 1 aliphatic heterocycles. The van der Waals surface area contributed by atoms with Crippen LogP contribution in [0.1, 0.15) is 29.8 Å². The van der Waals surface area contributed by atoms with Gasteiger partial charge in [0.05, 0.1) is 6.61 Å². The number of methoxy groups -OCH3 is 1. The minimum Gasteiger partial charge on any atom is -0.383 e. The molecule has 2 rings (SSSR count). The molecule has 0 radical (unpaired) electrons. The van der Waals surface area contributed by atoms with E-state index in [4.69, 9.17) is 4.74 Å². The Bertz CT molecular complexity index is 417. The maximum Gasteiger partial charge on any atom is 0.270 e. The van der Waals surface area contributed by atoms with Crippen LogP contribution in [0.15, 0.2) is 18.2 Å². The quantitative estimate of drug-likeness (QED) is 0.817. The highest BCUT2D eigenvalue weighted by Gasteiger charge is 2.14. The summed E-state index contributed by atoms with van der Waals surface area (Å²) in [5, 5.41) is 2.79. The molecule has 0 aromatic carbocycles. The molecule has 0 aliphatic carbocycles. The van der Waals surface area contributed by atoms with Gasteiger partial charge in [-0.25, -0.2) is 4.98 Å². The number of rotatable bonds is 5. The number of carbonyl (C=O) groups excluding carboxylic acids is 1. The summed E-state index contributed by atoms with van der Waals surface area (Å²) in [6, 6.07) is 5.61. The molecular formula is C14H21N3O2. The van der Waals surface area contributed by atoms with Crippen molar-refractivity contribution in [1.29, 1.82) is 0 Å². The van der Waals surface area contributed by atoms with Crippen molar-refractivity contribution in [3.63, 3.8) is 0 Å². The van der Waals surface area contributed by atoms with E-state index in [1.54, 1.807) is 13.2 Å². The van der Waals surface area contributed by atoms with Gasteiger partial charge in [-0.05, 0) is 31.4 Å². The van der Waals surface area contributed by atoms with E-state index in [9.17, 15) is 4.79 Å². The Balaban J connectivity index is 1.99. The third-order valence-electron chi connectivity index (χ3n) is 3.24. The first kappa shape index (κ1) is 13.8. The minimum atomic E-state index is -0.143. The lowest BCUT2D eigenvalue weighted by molar-refractivity contribution is 0.0932. The summed E-state index contributed by atoms with van der Waals surface area (Å²) < 4.78 is 4.90. The highest BCUT2D eigenvalue weighted by Crippen LogP contribution is 2.17. The van der Waals surface area contributed by atoms with Gasteiger partial charge in [0, 0.05) is 26.7 Å². The molecule has 1 aliphatic rings. The maximum absolute atomic E-state index is 11.9. The molecule has 1 saturated heterocycles. The number of aromatic nitrogens is 1. The Morgan fingerprint density at radius 3 is 2.89 bits per heavy atom. The van der Waals surface area contributed by atoms with E-state index in [2.05, 4.69) is 15.2 Å². The smallest absolute Gasteiger partial charge is 0.270 e. The van der Waals surface area contributed by atoms with Crippen molar-refractivity contribution in [3.05, 3.63) is 23.9 Å². The van der Waals surface area contributed by atoms with Gasteiger partial charge in [0.25, 0.3) is 5.91 Å². The largest absolute Gasteiger partial charge is 0.383 e. The third-order valence-corrected chi connectivity index (χ3v) is 3.24. The van der Waals surface area contributed by atoms with E-state index < -0.39 is 0 Å². The first-order valence-corrected chi connectivity index (χ1v) is 6.80. The van der Waals surface area contributed by atoms with E-state index in [1.165, 1.54) is 19.3 Å². The second-order valence-corrected chi connectivity index (χ2v) is 4.68. The number of hydrogen-bond acceptors (Lipinski definition) is 4. The fourth-order valence-corrected chi connectivity index (χ4v) is 2.21. The second-order valence-electron chi connectivity index (χ2n) is 4.68. The van der Waals surface area contributed by atoms with Crippen LogP contribution >= 0.6 is 0 Å². The molecule has 0 unspecified atom stereocenters. The van der Waals surface area contributed by atoms with Gasteiger partial charge in [-0.15, -0.1) is 0 Å². The van der Waals surface area contributed by atoms with Gasteiger partial charge in [-0.1, -0.05) is 6.07 Å². The van der Waals surface area contributed by atoms with E-state index in [0.717, 1.165) is 18.9 Å². The molecule has 0 spiro atoms. The van der Waals surface area contributed by atoms with Gasteiger partial charge in [-0.2, -0.15) is 0 Å². The van der Waals surface area contributed by atoms with E-state index in [0.29, 0.717) is 18.8 Å². The Morgan fingerprint density at radius 1 is 1.37 bits per heavy atom. The molecule has 2 heterocycles. The first-order chi connectivity index (χ1) is 9.31. The van der Waals surface area contributed by atoms with Crippen LogP contribution in [0.5, 0.6) is 0 Å². The predicted octanol–water partition coefficient (Wildman–Crippen LogP) is 1.45. The summed E-state index contributed by atoms with van der Waals surface area (Å²) in [5.74, 6) is 0.759. The standard InChI is InChI=1S/C14H21N3O2/c1-19-11-8-15-14(18)12-6-5-7-13(16-12)17-9-3-2-4-10-17/h5-7H,2-4,8-11H2,1H3,(H,15,18). The Kier molecular flexibility index (Phi) is 5.15. The highest BCUT2D eigenvalue weighted by atomic mass is 16.5. The Morgan fingerprint density at radius 2 is 2.16 bits per heavy atom. The molecule has 0 saturated carbocycles. The minimum absolute atomic E-state index is 0.143. The lowest BCUT2D eigenvalue weighted by Gasteiger charge is -2.27. The van der Waals surface area contributed by atoms with Gasteiger partial charge in [0.2, 0.25) is 0 Å². The topological polar surface area (TPSA) is 54.5 Å². The number of nitrogens with zero attached hydrogens (tertiary/aromatic N) is 2. The Hall–Kier alpha value is -1.62. The first-order valence-electron chi connectivity index (χ1n) is 6.80. The summed E-state index contributed by atoms with van der Waals surface area (Å²) >= 11 is 0. The molecule has 1 aromatic heterocycles. The van der Waals surface area contributed by atoms with Crippen LogP contribution in [0.3, 0.4) is 0 Å². The number of anilines is 1. The van der Waals surface area contributed by atoms with Gasteiger partial charge >= 0.3 is 0 Å². The van der Waals surface area contributed by atoms with Crippen molar-refractivity contribution in [2.75, 3.05) is 38.3 Å². The number of ether oxygens (including phenoxy) is 1. The van der Waals surface area contributed by atoms with Crippen LogP contribution in [0.4, 0.5) is 5.82 Å². The SMILES string of the molecule is COCCNC(=O)c1cccc(N2CCCCC2)n1. The number of pyridine rings is 1. The highest BCUT2D eigenvalue weighted by molar-refractivity contribution is 5.92. The van der Waals surface area contributed by atoms with Crippen LogP contribution in [0.25, 0.3) is 0 Å². The summed E-state index contributed by atoms with van der Waals surface area (Å²) in [7, 11) is 1.61. The molecule has 1 fully saturated rings. The van der Waals surface area contributed by atoms with Crippen LogP contribution in [0, 0.1) is 0 Å². The average Bonchev–Trinajstić information content (AvgIpc) is 2.48. The molecule has 104 valence electrons. The summed E-state index contributed by atoms with van der Waals surface area (Å²) in [5.41, 5.74) is 0.471. The monoisotopic (exact) mass is 263 g/mol. The molecule has 1 amide bonds. The molecule has 1 N–H and O–H groups in total. The molecule has 1 aromatic rings. The Labute approximate surface area is 114 Å². The zero-order valence-electron chi connectivity index (χ0n) is 11.4. The number of carbonyl (C=O) groups is 1. The van der Waals surface area contributed by atoms with Gasteiger partial charge in [0.1, 0.15) is 11.5 Å². The molecule has 19 heavy (non-hydrogen) atoms. The maximum atomic E-state index is 11.9. The van der Waals surface area contributed by atoms with Crippen molar-refractivity contribution in [2.24, 2.45) is 0 Å². The fraction of sp³-hybridized carbons (Fsp3) is 0.571. The van der Waals surface area contributed by atoms with E-state index in [1.807, 2.05) is 12.1 Å². The van der Waals surface area contributed by atoms with Crippen LogP contribution in [0.2, 0.25) is 0 Å². The third kappa shape index (κ3) is 3.92.